The number of aromatic nitrogens is 2. The van der Waals surface area contributed by atoms with Gasteiger partial charge in [-0.25, -0.2) is 4.98 Å². The van der Waals surface area contributed by atoms with Crippen LogP contribution in [0.25, 0.3) is 5.65 Å². The van der Waals surface area contributed by atoms with Crippen LogP contribution >= 0.6 is 11.6 Å². The Morgan fingerprint density at radius 3 is 3.05 bits per heavy atom. The van der Waals surface area contributed by atoms with E-state index in [1.54, 1.807) is 12.3 Å². The van der Waals surface area contributed by atoms with Gasteiger partial charge >= 0.3 is 5.97 Å². The van der Waals surface area contributed by atoms with Gasteiger partial charge in [-0.2, -0.15) is 0 Å². The molecule has 0 spiro atoms. The zero-order valence-corrected chi connectivity index (χ0v) is 11.8. The molecule has 1 aliphatic heterocycles. The molecule has 0 amide bonds. The fourth-order valence-corrected chi connectivity index (χ4v) is 2.93. The van der Waals surface area contributed by atoms with Gasteiger partial charge in [0.15, 0.2) is 0 Å². The molecule has 20 heavy (non-hydrogen) atoms. The SMILES string of the molecule is O=C(O)C1CCCCN1Cc1cn2cc(Cl)ccc2n1. The number of fused-ring (bicyclic) bond motifs is 1. The lowest BCUT2D eigenvalue weighted by molar-refractivity contribution is -0.144. The van der Waals surface area contributed by atoms with Crippen LogP contribution in [0.1, 0.15) is 25.0 Å². The molecule has 0 aliphatic carbocycles. The Balaban J connectivity index is 1.82. The Morgan fingerprint density at radius 2 is 2.25 bits per heavy atom. The normalized spacial score (nSPS) is 20.4. The summed E-state index contributed by atoms with van der Waals surface area (Å²) in [7, 11) is 0. The second-order valence-electron chi connectivity index (χ2n) is 5.17. The van der Waals surface area contributed by atoms with Gasteiger partial charge in [-0.1, -0.05) is 18.0 Å². The first-order valence-electron chi connectivity index (χ1n) is 6.73. The van der Waals surface area contributed by atoms with Crippen molar-refractivity contribution < 1.29 is 9.90 Å². The molecule has 0 aromatic carbocycles. The number of carboxylic acids is 1. The van der Waals surface area contributed by atoms with Crippen LogP contribution in [0.2, 0.25) is 5.02 Å². The number of likely N-dealkylation sites (tertiary alicyclic amines) is 1. The van der Waals surface area contributed by atoms with Crippen LogP contribution in [-0.2, 0) is 11.3 Å². The van der Waals surface area contributed by atoms with Crippen LogP contribution in [0.4, 0.5) is 0 Å². The fourth-order valence-electron chi connectivity index (χ4n) is 2.76. The first kappa shape index (κ1) is 13.4. The maximum atomic E-state index is 11.3. The minimum absolute atomic E-state index is 0.392. The Bertz CT molecular complexity index is 640. The van der Waals surface area contributed by atoms with Crippen molar-refractivity contribution >= 4 is 23.2 Å². The topological polar surface area (TPSA) is 57.8 Å². The lowest BCUT2D eigenvalue weighted by Gasteiger charge is -2.32. The van der Waals surface area contributed by atoms with E-state index in [-0.39, 0.29) is 0 Å². The average molecular weight is 294 g/mol. The summed E-state index contributed by atoms with van der Waals surface area (Å²) in [5, 5.41) is 9.93. The number of hydrogen-bond acceptors (Lipinski definition) is 3. The third-order valence-electron chi connectivity index (χ3n) is 3.73. The molecule has 2 aromatic heterocycles. The smallest absolute Gasteiger partial charge is 0.320 e. The number of carbonyl (C=O) groups is 1. The zero-order chi connectivity index (χ0) is 14.1. The monoisotopic (exact) mass is 293 g/mol. The number of nitrogens with zero attached hydrogens (tertiary/aromatic N) is 3. The molecule has 1 saturated heterocycles. The highest BCUT2D eigenvalue weighted by Gasteiger charge is 2.28. The molecular weight excluding hydrogens is 278 g/mol. The molecular formula is C14H16ClN3O2. The lowest BCUT2D eigenvalue weighted by Crippen LogP contribution is -2.44. The maximum Gasteiger partial charge on any atom is 0.320 e. The molecule has 0 radical (unpaired) electrons. The second-order valence-corrected chi connectivity index (χ2v) is 5.60. The summed E-state index contributed by atoms with van der Waals surface area (Å²) < 4.78 is 1.87. The summed E-state index contributed by atoms with van der Waals surface area (Å²) in [5.74, 6) is -0.739. The molecule has 106 valence electrons. The van der Waals surface area contributed by atoms with Crippen LogP contribution in [0.15, 0.2) is 24.5 Å². The first-order chi connectivity index (χ1) is 9.63. The molecule has 0 bridgehead atoms. The highest BCUT2D eigenvalue weighted by molar-refractivity contribution is 6.30. The molecule has 1 unspecified atom stereocenters. The van der Waals surface area contributed by atoms with Gasteiger partial charge in [-0.05, 0) is 31.5 Å². The molecule has 3 heterocycles. The van der Waals surface area contributed by atoms with E-state index in [1.165, 1.54) is 0 Å². The van der Waals surface area contributed by atoms with Gasteiger partial charge in [0, 0.05) is 18.9 Å². The summed E-state index contributed by atoms with van der Waals surface area (Å²) in [5.41, 5.74) is 1.70. The fraction of sp³-hybridized carbons (Fsp3) is 0.429. The standard InChI is InChI=1S/C14H16ClN3O2/c15-10-4-5-13-16-11(9-18(13)7-10)8-17-6-2-1-3-12(17)14(19)20/h4-5,7,9,12H,1-3,6,8H2,(H,19,20). The van der Waals surface area contributed by atoms with Gasteiger partial charge in [0.25, 0.3) is 0 Å². The molecule has 6 heteroatoms. The van der Waals surface area contributed by atoms with E-state index in [1.807, 2.05) is 21.6 Å². The molecule has 1 N–H and O–H groups in total. The Labute approximate surface area is 121 Å². The number of imidazole rings is 1. The van der Waals surface area contributed by atoms with Crippen LogP contribution in [0.3, 0.4) is 0 Å². The van der Waals surface area contributed by atoms with Gasteiger partial charge < -0.3 is 9.51 Å². The largest absolute Gasteiger partial charge is 0.480 e. The van der Waals surface area contributed by atoms with Crippen molar-refractivity contribution in [3.8, 4) is 0 Å². The number of carboxylic acid groups (broad SMARTS) is 1. The molecule has 1 aliphatic rings. The number of aliphatic carboxylic acids is 1. The maximum absolute atomic E-state index is 11.3. The molecule has 5 nitrogen and oxygen atoms in total. The van der Waals surface area contributed by atoms with E-state index < -0.39 is 12.0 Å². The number of rotatable bonds is 3. The second kappa shape index (κ2) is 5.42. The number of halogens is 1. The predicted octanol–water partition coefficient (Wildman–Crippen LogP) is 2.43. The van der Waals surface area contributed by atoms with Crippen molar-refractivity contribution in [3.63, 3.8) is 0 Å². The van der Waals surface area contributed by atoms with E-state index in [2.05, 4.69) is 4.98 Å². The third kappa shape index (κ3) is 2.64. The molecule has 0 saturated carbocycles. The van der Waals surface area contributed by atoms with Gasteiger partial charge in [-0.15, -0.1) is 0 Å². The summed E-state index contributed by atoms with van der Waals surface area (Å²) in [4.78, 5) is 17.8. The summed E-state index contributed by atoms with van der Waals surface area (Å²) in [6.07, 6.45) is 6.46. The summed E-state index contributed by atoms with van der Waals surface area (Å²) >= 11 is 5.95. The van der Waals surface area contributed by atoms with Crippen molar-refractivity contribution in [2.24, 2.45) is 0 Å². The van der Waals surface area contributed by atoms with Crippen molar-refractivity contribution in [2.75, 3.05) is 6.54 Å². The number of piperidine rings is 1. The minimum Gasteiger partial charge on any atom is -0.480 e. The quantitative estimate of drug-likeness (QED) is 0.944. The number of pyridine rings is 1. The van der Waals surface area contributed by atoms with E-state index in [4.69, 9.17) is 11.6 Å². The van der Waals surface area contributed by atoms with Crippen LogP contribution < -0.4 is 0 Å². The van der Waals surface area contributed by atoms with Crippen LogP contribution in [-0.4, -0.2) is 37.9 Å². The Kier molecular flexibility index (Phi) is 3.63. The van der Waals surface area contributed by atoms with Crippen LogP contribution in [0.5, 0.6) is 0 Å². The lowest BCUT2D eigenvalue weighted by atomic mass is 10.0. The van der Waals surface area contributed by atoms with Crippen molar-refractivity contribution in [3.05, 3.63) is 35.2 Å². The minimum atomic E-state index is -0.739. The van der Waals surface area contributed by atoms with Crippen molar-refractivity contribution in [1.29, 1.82) is 0 Å². The van der Waals surface area contributed by atoms with Crippen molar-refractivity contribution in [2.45, 2.75) is 31.8 Å². The van der Waals surface area contributed by atoms with Gasteiger partial charge in [0.1, 0.15) is 11.7 Å². The Morgan fingerprint density at radius 1 is 1.40 bits per heavy atom. The zero-order valence-electron chi connectivity index (χ0n) is 11.0. The number of hydrogen-bond donors (Lipinski definition) is 1. The van der Waals surface area contributed by atoms with E-state index in [9.17, 15) is 9.90 Å². The van der Waals surface area contributed by atoms with E-state index >= 15 is 0 Å². The first-order valence-corrected chi connectivity index (χ1v) is 7.11. The highest BCUT2D eigenvalue weighted by Crippen LogP contribution is 2.20. The van der Waals surface area contributed by atoms with E-state index in [0.717, 1.165) is 30.7 Å². The average Bonchev–Trinajstić information content (AvgIpc) is 2.80. The van der Waals surface area contributed by atoms with E-state index in [0.29, 0.717) is 18.0 Å². The van der Waals surface area contributed by atoms with Gasteiger partial charge in [0.2, 0.25) is 0 Å². The van der Waals surface area contributed by atoms with Crippen LogP contribution in [0, 0.1) is 0 Å². The van der Waals surface area contributed by atoms with Crippen molar-refractivity contribution in [1.82, 2.24) is 14.3 Å². The predicted molar refractivity (Wildman–Crippen MR) is 75.9 cm³/mol. The molecule has 1 atom stereocenters. The van der Waals surface area contributed by atoms with Gasteiger partial charge in [-0.3, -0.25) is 9.69 Å². The molecule has 1 fully saturated rings. The Hall–Kier alpha value is -1.59. The third-order valence-corrected chi connectivity index (χ3v) is 3.95. The van der Waals surface area contributed by atoms with Gasteiger partial charge in [0.05, 0.1) is 10.7 Å². The molecule has 2 aromatic rings. The summed E-state index contributed by atoms with van der Waals surface area (Å²) in [6, 6.07) is 3.27. The molecule has 3 rings (SSSR count). The highest BCUT2D eigenvalue weighted by atomic mass is 35.5. The summed E-state index contributed by atoms with van der Waals surface area (Å²) in [6.45, 7) is 1.38.